The third kappa shape index (κ3) is 4.39. The molecule has 0 saturated heterocycles. The van der Waals surface area contributed by atoms with Gasteiger partial charge in [0.1, 0.15) is 0 Å². The molecule has 0 radical (unpaired) electrons. The summed E-state index contributed by atoms with van der Waals surface area (Å²) in [5.41, 5.74) is 17.0. The minimum absolute atomic E-state index is 0.0627. The van der Waals surface area contributed by atoms with Gasteiger partial charge in [0.05, 0.1) is 11.0 Å². The SMILES string of the molecule is CC1(C)c2ccccc2-c2c1ccc1c2c2ccccc2n1-c1ccc2c(c1)-c1c(cccc1-c1nc(-c3ccccc3)nc(-c3ccccc3)n1)C2. The lowest BCUT2D eigenvalue weighted by Crippen LogP contribution is -2.14. The zero-order chi connectivity index (χ0) is 35.3. The van der Waals surface area contributed by atoms with E-state index in [2.05, 4.69) is 140 Å². The van der Waals surface area contributed by atoms with E-state index < -0.39 is 0 Å². The summed E-state index contributed by atoms with van der Waals surface area (Å²) in [6.45, 7) is 4.71. The number of hydrogen-bond donors (Lipinski definition) is 0. The molecule has 250 valence electrons. The van der Waals surface area contributed by atoms with Crippen molar-refractivity contribution in [3.63, 3.8) is 0 Å². The fourth-order valence-electron chi connectivity index (χ4n) is 9.01. The normalized spacial score (nSPS) is 13.5. The molecule has 0 bridgehead atoms. The van der Waals surface area contributed by atoms with Crippen molar-refractivity contribution in [2.75, 3.05) is 0 Å². The van der Waals surface area contributed by atoms with Crippen LogP contribution in [0, 0.1) is 0 Å². The molecule has 0 amide bonds. The number of fused-ring (bicyclic) bond motifs is 10. The first-order valence-electron chi connectivity index (χ1n) is 18.3. The minimum atomic E-state index is -0.0627. The van der Waals surface area contributed by atoms with Gasteiger partial charge >= 0.3 is 0 Å². The molecule has 2 aromatic heterocycles. The molecular weight excluding hydrogens is 645 g/mol. The van der Waals surface area contributed by atoms with E-state index in [1.165, 1.54) is 66.3 Å². The van der Waals surface area contributed by atoms with Crippen LogP contribution in [0.3, 0.4) is 0 Å². The van der Waals surface area contributed by atoms with Gasteiger partial charge in [0, 0.05) is 38.6 Å². The Morgan fingerprint density at radius 3 is 1.91 bits per heavy atom. The average molecular weight is 679 g/mol. The van der Waals surface area contributed by atoms with E-state index in [1.807, 2.05) is 36.4 Å². The van der Waals surface area contributed by atoms with Crippen LogP contribution in [-0.2, 0) is 11.8 Å². The third-order valence-corrected chi connectivity index (χ3v) is 11.5. The van der Waals surface area contributed by atoms with Gasteiger partial charge in [-0.2, -0.15) is 0 Å². The van der Waals surface area contributed by atoms with Crippen LogP contribution in [0.25, 0.3) is 83.9 Å². The number of aromatic nitrogens is 4. The van der Waals surface area contributed by atoms with Gasteiger partial charge in [-0.3, -0.25) is 0 Å². The first kappa shape index (κ1) is 30.0. The van der Waals surface area contributed by atoms with Crippen LogP contribution in [0.15, 0.2) is 158 Å². The second-order valence-electron chi connectivity index (χ2n) is 14.8. The van der Waals surface area contributed by atoms with Crippen LogP contribution in [0.5, 0.6) is 0 Å². The van der Waals surface area contributed by atoms with Gasteiger partial charge in [0.2, 0.25) is 0 Å². The van der Waals surface area contributed by atoms with Gasteiger partial charge in [0.25, 0.3) is 0 Å². The molecular formula is C49H34N4. The highest BCUT2D eigenvalue weighted by Gasteiger charge is 2.37. The van der Waals surface area contributed by atoms with Crippen molar-refractivity contribution >= 4 is 21.8 Å². The third-order valence-electron chi connectivity index (χ3n) is 11.5. The highest BCUT2D eigenvalue weighted by molar-refractivity contribution is 6.18. The molecule has 53 heavy (non-hydrogen) atoms. The summed E-state index contributed by atoms with van der Waals surface area (Å²) in [5, 5.41) is 2.60. The largest absolute Gasteiger partial charge is 0.309 e. The first-order chi connectivity index (χ1) is 26.0. The van der Waals surface area contributed by atoms with Crippen LogP contribution < -0.4 is 0 Å². The van der Waals surface area contributed by atoms with Gasteiger partial charge in [0.15, 0.2) is 17.5 Å². The molecule has 0 unspecified atom stereocenters. The monoisotopic (exact) mass is 678 g/mol. The molecule has 2 aliphatic rings. The molecule has 0 atom stereocenters. The second kappa shape index (κ2) is 11.2. The van der Waals surface area contributed by atoms with Crippen LogP contribution in [0.2, 0.25) is 0 Å². The number of para-hydroxylation sites is 1. The van der Waals surface area contributed by atoms with E-state index >= 15 is 0 Å². The lowest BCUT2D eigenvalue weighted by molar-refractivity contribution is 0.661. The molecule has 9 aromatic rings. The maximum atomic E-state index is 5.14. The summed E-state index contributed by atoms with van der Waals surface area (Å²) < 4.78 is 2.46. The highest BCUT2D eigenvalue weighted by Crippen LogP contribution is 2.53. The molecule has 2 aliphatic carbocycles. The van der Waals surface area contributed by atoms with E-state index in [4.69, 9.17) is 15.0 Å². The predicted octanol–water partition coefficient (Wildman–Crippen LogP) is 11.8. The zero-order valence-corrected chi connectivity index (χ0v) is 29.5. The van der Waals surface area contributed by atoms with Crippen molar-refractivity contribution in [1.82, 2.24) is 19.5 Å². The Morgan fingerprint density at radius 2 is 1.13 bits per heavy atom. The van der Waals surface area contributed by atoms with Crippen molar-refractivity contribution in [2.24, 2.45) is 0 Å². The van der Waals surface area contributed by atoms with Crippen LogP contribution in [0.4, 0.5) is 0 Å². The smallest absolute Gasteiger partial charge is 0.164 e. The number of nitrogens with zero attached hydrogens (tertiary/aromatic N) is 4. The van der Waals surface area contributed by atoms with Gasteiger partial charge in [-0.05, 0) is 75.2 Å². The zero-order valence-electron chi connectivity index (χ0n) is 29.5. The van der Waals surface area contributed by atoms with E-state index in [9.17, 15) is 0 Å². The van der Waals surface area contributed by atoms with Crippen LogP contribution in [-0.4, -0.2) is 19.5 Å². The topological polar surface area (TPSA) is 43.6 Å². The summed E-state index contributed by atoms with van der Waals surface area (Å²) in [4.78, 5) is 15.2. The minimum Gasteiger partial charge on any atom is -0.309 e. The molecule has 11 rings (SSSR count). The van der Waals surface area contributed by atoms with Crippen molar-refractivity contribution in [3.05, 3.63) is 180 Å². The molecule has 7 aromatic carbocycles. The number of hydrogen-bond acceptors (Lipinski definition) is 3. The maximum absolute atomic E-state index is 5.14. The van der Waals surface area contributed by atoms with Crippen molar-refractivity contribution < 1.29 is 0 Å². The highest BCUT2D eigenvalue weighted by atomic mass is 15.0. The van der Waals surface area contributed by atoms with Gasteiger partial charge in [-0.15, -0.1) is 0 Å². The molecule has 0 spiro atoms. The van der Waals surface area contributed by atoms with Crippen molar-refractivity contribution in [1.29, 1.82) is 0 Å². The predicted molar refractivity (Wildman–Crippen MR) is 216 cm³/mol. The molecule has 0 N–H and O–H groups in total. The molecule has 0 aliphatic heterocycles. The Labute approximate surface area is 308 Å². The maximum Gasteiger partial charge on any atom is 0.164 e. The summed E-state index contributed by atoms with van der Waals surface area (Å²) in [7, 11) is 0. The fraction of sp³-hybridized carbons (Fsp3) is 0.0816. The van der Waals surface area contributed by atoms with Gasteiger partial charge in [-0.25, -0.2) is 15.0 Å². The second-order valence-corrected chi connectivity index (χ2v) is 14.8. The van der Waals surface area contributed by atoms with Crippen LogP contribution in [0.1, 0.15) is 36.1 Å². The number of rotatable bonds is 4. The Hall–Kier alpha value is -6.65. The van der Waals surface area contributed by atoms with E-state index in [0.29, 0.717) is 17.5 Å². The summed E-state index contributed by atoms with van der Waals surface area (Å²) in [6, 6.07) is 56.5. The lowest BCUT2D eigenvalue weighted by Gasteiger charge is -2.21. The summed E-state index contributed by atoms with van der Waals surface area (Å²) >= 11 is 0. The van der Waals surface area contributed by atoms with E-state index in [-0.39, 0.29) is 5.41 Å². The van der Waals surface area contributed by atoms with Crippen molar-refractivity contribution in [2.45, 2.75) is 25.7 Å². The standard InChI is InChI=1S/C49H34N4/c1-49(2)39-22-11-9-19-35(39)44-40(49)26-27-42-45(44)36-20-10-12-23-41(36)53(42)34-25-24-32-28-33-18-13-21-37(43(33)38(32)29-34)48-51-46(30-14-5-3-6-15-30)50-47(52-48)31-16-7-4-8-17-31/h3-27,29H,28H2,1-2H3. The molecule has 0 fully saturated rings. The van der Waals surface area contributed by atoms with Gasteiger partial charge in [-0.1, -0.05) is 147 Å². The Morgan fingerprint density at radius 1 is 0.472 bits per heavy atom. The lowest BCUT2D eigenvalue weighted by atomic mass is 9.82. The molecule has 4 nitrogen and oxygen atoms in total. The Kier molecular flexibility index (Phi) is 6.33. The van der Waals surface area contributed by atoms with E-state index in [0.717, 1.165) is 28.8 Å². The Bertz CT molecular complexity index is 2880. The first-order valence-corrected chi connectivity index (χ1v) is 18.3. The average Bonchev–Trinajstić information content (AvgIpc) is 3.83. The fourth-order valence-corrected chi connectivity index (χ4v) is 9.01. The molecule has 2 heterocycles. The van der Waals surface area contributed by atoms with E-state index in [1.54, 1.807) is 0 Å². The molecule has 4 heteroatoms. The summed E-state index contributed by atoms with van der Waals surface area (Å²) in [6.07, 6.45) is 0.869. The Balaban J connectivity index is 1.13. The van der Waals surface area contributed by atoms with Gasteiger partial charge < -0.3 is 4.57 Å². The summed E-state index contributed by atoms with van der Waals surface area (Å²) in [5.74, 6) is 2.02. The van der Waals surface area contributed by atoms with Crippen molar-refractivity contribution in [3.8, 4) is 62.1 Å². The number of benzene rings is 7. The molecule has 0 saturated carbocycles. The van der Waals surface area contributed by atoms with Crippen LogP contribution >= 0.6 is 0 Å². The quantitative estimate of drug-likeness (QED) is 0.186.